The molecule has 2 rings (SSSR count). The van der Waals surface area contributed by atoms with Crippen LogP contribution in [0, 0.1) is 5.82 Å². The molecule has 2 N–H and O–H groups in total. The summed E-state index contributed by atoms with van der Waals surface area (Å²) in [6, 6.07) is 6.11. The number of halogens is 1. The number of nitrogens with one attached hydrogen (secondary N) is 2. The minimum absolute atomic E-state index is 0.00879. The van der Waals surface area contributed by atoms with E-state index in [2.05, 4.69) is 10.6 Å². The zero-order valence-electron chi connectivity index (χ0n) is 8.29. The monoisotopic (exact) mass is 208 g/mol. The Morgan fingerprint density at radius 2 is 2.27 bits per heavy atom. The van der Waals surface area contributed by atoms with Gasteiger partial charge < -0.3 is 10.6 Å². The smallest absolute Gasteiger partial charge is 0.237 e. The van der Waals surface area contributed by atoms with Crippen LogP contribution in [0.15, 0.2) is 24.3 Å². The van der Waals surface area contributed by atoms with Gasteiger partial charge in [0, 0.05) is 13.1 Å². The lowest BCUT2D eigenvalue weighted by Crippen LogP contribution is -2.53. The summed E-state index contributed by atoms with van der Waals surface area (Å²) >= 11 is 0. The minimum atomic E-state index is -0.260. The Balaban J connectivity index is 2.04. The molecule has 1 fully saturated rings. The van der Waals surface area contributed by atoms with Gasteiger partial charge in [-0.05, 0) is 24.1 Å². The molecule has 1 saturated heterocycles. The van der Waals surface area contributed by atoms with Crippen molar-refractivity contribution in [1.29, 1.82) is 0 Å². The third-order valence-corrected chi connectivity index (χ3v) is 2.46. The Morgan fingerprint density at radius 3 is 3.00 bits per heavy atom. The highest BCUT2D eigenvalue weighted by Crippen LogP contribution is 2.07. The maximum absolute atomic E-state index is 12.9. The predicted molar refractivity (Wildman–Crippen MR) is 54.9 cm³/mol. The van der Waals surface area contributed by atoms with Gasteiger partial charge in [0.2, 0.25) is 5.91 Å². The molecule has 1 atom stereocenters. The topological polar surface area (TPSA) is 41.1 Å². The second kappa shape index (κ2) is 4.40. The normalized spacial score (nSPS) is 21.1. The van der Waals surface area contributed by atoms with Crippen LogP contribution in [0.2, 0.25) is 0 Å². The van der Waals surface area contributed by atoms with E-state index in [9.17, 15) is 9.18 Å². The van der Waals surface area contributed by atoms with Crippen LogP contribution in [-0.4, -0.2) is 25.0 Å². The Bertz CT molecular complexity index is 367. The van der Waals surface area contributed by atoms with E-state index < -0.39 is 0 Å². The van der Waals surface area contributed by atoms with Crippen molar-refractivity contribution in [1.82, 2.24) is 10.6 Å². The number of piperazine rings is 1. The summed E-state index contributed by atoms with van der Waals surface area (Å²) < 4.78 is 12.9. The predicted octanol–water partition coefficient (Wildman–Crippen LogP) is 0.456. The van der Waals surface area contributed by atoms with E-state index >= 15 is 0 Å². The lowest BCUT2D eigenvalue weighted by molar-refractivity contribution is -0.124. The number of hydrogen-bond acceptors (Lipinski definition) is 2. The number of rotatable bonds is 2. The Kier molecular flexibility index (Phi) is 2.97. The Morgan fingerprint density at radius 1 is 1.40 bits per heavy atom. The zero-order valence-corrected chi connectivity index (χ0v) is 8.29. The van der Waals surface area contributed by atoms with Crippen LogP contribution in [0.4, 0.5) is 4.39 Å². The molecule has 0 unspecified atom stereocenters. The van der Waals surface area contributed by atoms with Crippen molar-refractivity contribution in [2.45, 2.75) is 12.5 Å². The fraction of sp³-hybridized carbons (Fsp3) is 0.364. The van der Waals surface area contributed by atoms with Crippen LogP contribution >= 0.6 is 0 Å². The van der Waals surface area contributed by atoms with Gasteiger partial charge in [0.15, 0.2) is 0 Å². The first-order chi connectivity index (χ1) is 7.25. The first kappa shape index (κ1) is 10.1. The molecular weight excluding hydrogens is 195 g/mol. The van der Waals surface area contributed by atoms with Crippen LogP contribution in [-0.2, 0) is 11.2 Å². The quantitative estimate of drug-likeness (QED) is 0.741. The summed E-state index contributed by atoms with van der Waals surface area (Å²) in [5.41, 5.74) is 0.838. The highest BCUT2D eigenvalue weighted by atomic mass is 19.1. The molecule has 1 aromatic rings. The number of carbonyl (C=O) groups excluding carboxylic acids is 1. The maximum atomic E-state index is 12.9. The number of amides is 1. The number of carbonyl (C=O) groups is 1. The molecule has 1 aliphatic rings. The minimum Gasteiger partial charge on any atom is -0.353 e. The van der Waals surface area contributed by atoms with E-state index in [-0.39, 0.29) is 17.8 Å². The van der Waals surface area contributed by atoms with Crippen molar-refractivity contribution in [2.24, 2.45) is 0 Å². The highest BCUT2D eigenvalue weighted by molar-refractivity contribution is 5.82. The van der Waals surface area contributed by atoms with Crippen molar-refractivity contribution in [3.63, 3.8) is 0 Å². The van der Waals surface area contributed by atoms with Gasteiger partial charge in [-0.2, -0.15) is 0 Å². The first-order valence-corrected chi connectivity index (χ1v) is 5.01. The summed E-state index contributed by atoms with van der Waals surface area (Å²) in [6.07, 6.45) is 0.531. The molecule has 0 bridgehead atoms. The van der Waals surface area contributed by atoms with Gasteiger partial charge in [0.05, 0.1) is 6.04 Å². The molecule has 0 radical (unpaired) electrons. The lowest BCUT2D eigenvalue weighted by Gasteiger charge is -2.23. The van der Waals surface area contributed by atoms with E-state index in [1.54, 1.807) is 6.07 Å². The molecule has 80 valence electrons. The Hall–Kier alpha value is -1.42. The average molecular weight is 208 g/mol. The van der Waals surface area contributed by atoms with Gasteiger partial charge in [0.25, 0.3) is 0 Å². The van der Waals surface area contributed by atoms with Crippen LogP contribution in [0.3, 0.4) is 0 Å². The van der Waals surface area contributed by atoms with Gasteiger partial charge in [-0.1, -0.05) is 12.1 Å². The molecule has 0 spiro atoms. The van der Waals surface area contributed by atoms with Crippen LogP contribution in [0.1, 0.15) is 5.56 Å². The third-order valence-electron chi connectivity index (χ3n) is 2.46. The number of benzene rings is 1. The van der Waals surface area contributed by atoms with E-state index in [4.69, 9.17) is 0 Å². The summed E-state index contributed by atoms with van der Waals surface area (Å²) in [6.45, 7) is 1.43. The van der Waals surface area contributed by atoms with Crippen molar-refractivity contribution >= 4 is 5.91 Å². The SMILES string of the molecule is O=C1NCCN[C@H]1Cc1cccc(F)c1. The summed E-state index contributed by atoms with van der Waals surface area (Å²) in [7, 11) is 0. The summed E-state index contributed by atoms with van der Waals surface area (Å²) in [5, 5.41) is 5.87. The second-order valence-electron chi connectivity index (χ2n) is 3.63. The van der Waals surface area contributed by atoms with Gasteiger partial charge in [-0.25, -0.2) is 4.39 Å². The molecule has 1 heterocycles. The fourth-order valence-corrected chi connectivity index (χ4v) is 1.71. The zero-order chi connectivity index (χ0) is 10.7. The molecule has 15 heavy (non-hydrogen) atoms. The van der Waals surface area contributed by atoms with Gasteiger partial charge in [-0.3, -0.25) is 4.79 Å². The van der Waals surface area contributed by atoms with Gasteiger partial charge >= 0.3 is 0 Å². The molecule has 1 aromatic carbocycles. The summed E-state index contributed by atoms with van der Waals surface area (Å²) in [5.74, 6) is -0.269. The molecule has 1 amide bonds. The molecule has 1 aliphatic heterocycles. The first-order valence-electron chi connectivity index (χ1n) is 5.01. The molecule has 0 aromatic heterocycles. The Labute approximate surface area is 87.7 Å². The highest BCUT2D eigenvalue weighted by Gasteiger charge is 2.21. The molecule has 0 aliphatic carbocycles. The second-order valence-corrected chi connectivity index (χ2v) is 3.63. The third kappa shape index (κ3) is 2.53. The van der Waals surface area contributed by atoms with Crippen LogP contribution in [0.25, 0.3) is 0 Å². The largest absolute Gasteiger partial charge is 0.353 e. The molecule has 0 saturated carbocycles. The summed E-state index contributed by atoms with van der Waals surface area (Å²) in [4.78, 5) is 11.4. The van der Waals surface area contributed by atoms with E-state index in [1.807, 2.05) is 6.07 Å². The van der Waals surface area contributed by atoms with E-state index in [1.165, 1.54) is 12.1 Å². The van der Waals surface area contributed by atoms with Crippen molar-refractivity contribution < 1.29 is 9.18 Å². The molecule has 3 nitrogen and oxygen atoms in total. The lowest BCUT2D eigenvalue weighted by atomic mass is 10.0. The van der Waals surface area contributed by atoms with Crippen molar-refractivity contribution in [3.8, 4) is 0 Å². The fourth-order valence-electron chi connectivity index (χ4n) is 1.71. The van der Waals surface area contributed by atoms with Crippen LogP contribution < -0.4 is 10.6 Å². The molecular formula is C11H13FN2O. The van der Waals surface area contributed by atoms with E-state index in [0.717, 1.165) is 12.1 Å². The maximum Gasteiger partial charge on any atom is 0.237 e. The van der Waals surface area contributed by atoms with Crippen molar-refractivity contribution in [3.05, 3.63) is 35.6 Å². The van der Waals surface area contributed by atoms with Gasteiger partial charge in [0.1, 0.15) is 5.82 Å². The van der Waals surface area contributed by atoms with Gasteiger partial charge in [-0.15, -0.1) is 0 Å². The van der Waals surface area contributed by atoms with Crippen molar-refractivity contribution in [2.75, 3.05) is 13.1 Å². The molecule has 4 heteroatoms. The van der Waals surface area contributed by atoms with E-state index in [0.29, 0.717) is 13.0 Å². The average Bonchev–Trinajstić information content (AvgIpc) is 2.22. The van der Waals surface area contributed by atoms with Crippen LogP contribution in [0.5, 0.6) is 0 Å². The number of hydrogen-bond donors (Lipinski definition) is 2. The standard InChI is InChI=1S/C11H13FN2O/c12-9-3-1-2-8(6-9)7-10-11(15)14-5-4-13-10/h1-3,6,10,13H,4-5,7H2,(H,14,15)/t10-/m0/s1.